The van der Waals surface area contributed by atoms with E-state index in [4.69, 9.17) is 24.5 Å². The predicted molar refractivity (Wildman–Crippen MR) is 103 cm³/mol. The maximum Gasteiger partial charge on any atom is 0.414 e. The van der Waals surface area contributed by atoms with E-state index < -0.39 is 18.0 Å². The molecule has 1 amide bonds. The average molecular weight is 410 g/mol. The van der Waals surface area contributed by atoms with Gasteiger partial charge in [0.2, 0.25) is 0 Å². The fraction of sp³-hybridized carbons (Fsp3) is 0.278. The minimum absolute atomic E-state index is 0.0650. The molecule has 1 aromatic carbocycles. The number of nitrogens with one attached hydrogen (secondary N) is 2. The number of aliphatic hydroxyl groups is 1. The van der Waals surface area contributed by atoms with Crippen LogP contribution in [0.4, 0.5) is 0 Å². The molecule has 9 nitrogen and oxygen atoms in total. The molecule has 2 aromatic rings. The van der Waals surface area contributed by atoms with Gasteiger partial charge in [-0.05, 0) is 23.6 Å². The highest BCUT2D eigenvalue weighted by Gasteiger charge is 2.06. The number of hydrogen-bond acceptors (Lipinski definition) is 7. The Balaban J connectivity index is 0.000000568. The van der Waals surface area contributed by atoms with Gasteiger partial charge in [0.1, 0.15) is 18.5 Å². The van der Waals surface area contributed by atoms with Crippen molar-refractivity contribution in [1.82, 2.24) is 10.6 Å². The van der Waals surface area contributed by atoms with Gasteiger partial charge in [-0.25, -0.2) is 9.59 Å². The van der Waals surface area contributed by atoms with Crippen LogP contribution in [-0.2, 0) is 9.59 Å². The van der Waals surface area contributed by atoms with Crippen LogP contribution in [0.1, 0.15) is 9.67 Å². The minimum atomic E-state index is -1.82. The fourth-order valence-electron chi connectivity index (χ4n) is 1.80. The van der Waals surface area contributed by atoms with Crippen LogP contribution < -0.4 is 15.4 Å². The van der Waals surface area contributed by atoms with Gasteiger partial charge in [0.15, 0.2) is 0 Å². The molecule has 152 valence electrons. The number of carboxylic acids is 2. The van der Waals surface area contributed by atoms with Gasteiger partial charge in [-0.2, -0.15) is 0 Å². The molecule has 0 fully saturated rings. The zero-order chi connectivity index (χ0) is 20.8. The van der Waals surface area contributed by atoms with Crippen LogP contribution in [0, 0.1) is 0 Å². The second-order valence-electron chi connectivity index (χ2n) is 5.33. The van der Waals surface area contributed by atoms with Crippen molar-refractivity contribution in [2.45, 2.75) is 6.10 Å². The number of thiophene rings is 1. The van der Waals surface area contributed by atoms with E-state index >= 15 is 0 Å². The molecule has 0 aliphatic rings. The van der Waals surface area contributed by atoms with Gasteiger partial charge < -0.3 is 30.7 Å². The number of ether oxygens (including phenoxy) is 1. The van der Waals surface area contributed by atoms with Crippen LogP contribution in [0.3, 0.4) is 0 Å². The van der Waals surface area contributed by atoms with Crippen molar-refractivity contribution >= 4 is 29.2 Å². The maximum atomic E-state index is 11.7. The van der Waals surface area contributed by atoms with Crippen LogP contribution in [0.15, 0.2) is 47.8 Å². The summed E-state index contributed by atoms with van der Waals surface area (Å²) in [7, 11) is 0. The second-order valence-corrected chi connectivity index (χ2v) is 6.27. The quantitative estimate of drug-likeness (QED) is 0.299. The van der Waals surface area contributed by atoms with E-state index in [2.05, 4.69) is 10.6 Å². The van der Waals surface area contributed by atoms with Crippen molar-refractivity contribution < 1.29 is 34.4 Å². The van der Waals surface area contributed by atoms with E-state index in [1.54, 1.807) is 6.07 Å². The molecule has 5 N–H and O–H groups in total. The number of carboxylic acid groups (broad SMARTS) is 2. The first-order valence-electron chi connectivity index (χ1n) is 8.24. The van der Waals surface area contributed by atoms with Crippen molar-refractivity contribution in [2.24, 2.45) is 0 Å². The van der Waals surface area contributed by atoms with E-state index in [1.807, 2.05) is 41.8 Å². The lowest BCUT2D eigenvalue weighted by molar-refractivity contribution is -0.159. The Morgan fingerprint density at radius 2 is 1.68 bits per heavy atom. The Morgan fingerprint density at radius 3 is 2.25 bits per heavy atom. The normalized spacial score (nSPS) is 10.9. The van der Waals surface area contributed by atoms with Gasteiger partial charge in [0.25, 0.3) is 5.91 Å². The summed E-state index contributed by atoms with van der Waals surface area (Å²) in [4.78, 5) is 30.6. The maximum absolute atomic E-state index is 11.7. The molecule has 1 heterocycles. The number of carbonyl (C=O) groups is 3. The molecule has 1 atom stereocenters. The topological polar surface area (TPSA) is 145 Å². The van der Waals surface area contributed by atoms with E-state index in [-0.39, 0.29) is 12.5 Å². The van der Waals surface area contributed by atoms with Crippen LogP contribution >= 0.6 is 11.3 Å². The molecule has 0 aliphatic carbocycles. The van der Waals surface area contributed by atoms with Gasteiger partial charge in [-0.15, -0.1) is 11.3 Å². The number of aliphatic hydroxyl groups excluding tert-OH is 1. The zero-order valence-corrected chi connectivity index (χ0v) is 15.7. The molecule has 1 unspecified atom stereocenters. The molecule has 0 spiro atoms. The first kappa shape index (κ1) is 23.1. The van der Waals surface area contributed by atoms with E-state index in [1.165, 1.54) is 11.3 Å². The van der Waals surface area contributed by atoms with Gasteiger partial charge in [-0.3, -0.25) is 4.79 Å². The summed E-state index contributed by atoms with van der Waals surface area (Å²) in [6.45, 7) is 1.77. The molecular weight excluding hydrogens is 388 g/mol. The molecule has 28 heavy (non-hydrogen) atoms. The van der Waals surface area contributed by atoms with Crippen molar-refractivity contribution in [3.05, 3.63) is 52.7 Å². The number of benzene rings is 1. The lowest BCUT2D eigenvalue weighted by Crippen LogP contribution is -2.36. The molecule has 0 aliphatic heterocycles. The molecule has 0 bridgehead atoms. The third-order valence-electron chi connectivity index (χ3n) is 3.08. The predicted octanol–water partition coefficient (Wildman–Crippen LogP) is 0.663. The van der Waals surface area contributed by atoms with E-state index in [9.17, 15) is 9.90 Å². The second kappa shape index (κ2) is 13.3. The largest absolute Gasteiger partial charge is 0.491 e. The number of amides is 1. The van der Waals surface area contributed by atoms with E-state index in [0.717, 1.165) is 5.75 Å². The van der Waals surface area contributed by atoms with Crippen molar-refractivity contribution in [2.75, 3.05) is 26.2 Å². The Labute approximate surface area is 165 Å². The third kappa shape index (κ3) is 10.3. The molecule has 0 radical (unpaired) electrons. The van der Waals surface area contributed by atoms with Crippen molar-refractivity contribution in [3.8, 4) is 5.75 Å². The van der Waals surface area contributed by atoms with Gasteiger partial charge in [0.05, 0.1) is 4.88 Å². The summed E-state index contributed by atoms with van der Waals surface area (Å²) in [5.41, 5.74) is 0. The highest BCUT2D eigenvalue weighted by atomic mass is 32.1. The molecule has 0 saturated heterocycles. The lowest BCUT2D eigenvalue weighted by atomic mass is 10.3. The van der Waals surface area contributed by atoms with Crippen LogP contribution in [0.2, 0.25) is 0 Å². The Kier molecular flexibility index (Phi) is 10.9. The monoisotopic (exact) mass is 410 g/mol. The highest BCUT2D eigenvalue weighted by molar-refractivity contribution is 7.12. The summed E-state index contributed by atoms with van der Waals surface area (Å²) in [5.74, 6) is -2.97. The Morgan fingerprint density at radius 1 is 1.00 bits per heavy atom. The van der Waals surface area contributed by atoms with Crippen LogP contribution in [0.25, 0.3) is 0 Å². The Bertz CT molecular complexity index is 711. The highest BCUT2D eigenvalue weighted by Crippen LogP contribution is 2.08. The van der Waals surface area contributed by atoms with Gasteiger partial charge in [0, 0.05) is 19.6 Å². The van der Waals surface area contributed by atoms with Crippen LogP contribution in [-0.4, -0.2) is 65.5 Å². The van der Waals surface area contributed by atoms with Crippen LogP contribution in [0.5, 0.6) is 5.75 Å². The zero-order valence-electron chi connectivity index (χ0n) is 14.9. The lowest BCUT2D eigenvalue weighted by Gasteiger charge is -2.13. The molecule has 10 heteroatoms. The summed E-state index contributed by atoms with van der Waals surface area (Å²) < 4.78 is 5.45. The third-order valence-corrected chi connectivity index (χ3v) is 3.95. The number of carbonyl (C=O) groups excluding carboxylic acids is 1. The molecular formula is C18H22N2O7S. The number of rotatable bonds is 9. The summed E-state index contributed by atoms with van der Waals surface area (Å²) in [6, 6.07) is 13.0. The number of hydrogen-bond donors (Lipinski definition) is 5. The first-order valence-corrected chi connectivity index (χ1v) is 9.12. The van der Waals surface area contributed by atoms with E-state index in [0.29, 0.717) is 24.5 Å². The molecule has 1 aromatic heterocycles. The van der Waals surface area contributed by atoms with Crippen molar-refractivity contribution in [3.63, 3.8) is 0 Å². The SMILES string of the molecule is O=C(NCCNCC(O)COc1ccccc1)c1cccs1.O=C(O)C(=O)O. The molecule has 0 saturated carbocycles. The number of aliphatic carboxylic acids is 2. The summed E-state index contributed by atoms with van der Waals surface area (Å²) in [6.07, 6.45) is -0.590. The number of para-hydroxylation sites is 1. The van der Waals surface area contributed by atoms with Gasteiger partial charge >= 0.3 is 11.9 Å². The minimum Gasteiger partial charge on any atom is -0.491 e. The van der Waals surface area contributed by atoms with Crippen molar-refractivity contribution in [1.29, 1.82) is 0 Å². The smallest absolute Gasteiger partial charge is 0.414 e. The average Bonchev–Trinajstić information content (AvgIpc) is 3.22. The Hall–Kier alpha value is -2.95. The summed E-state index contributed by atoms with van der Waals surface area (Å²) >= 11 is 1.42. The first-order chi connectivity index (χ1) is 13.4. The fourth-order valence-corrected chi connectivity index (χ4v) is 2.44. The summed E-state index contributed by atoms with van der Waals surface area (Å²) in [5, 5.41) is 32.3. The standard InChI is InChI=1S/C16H20N2O3S.C2H2O4/c19-13(12-21-14-5-2-1-3-6-14)11-17-8-9-18-16(20)15-7-4-10-22-15;3-1(4)2(5)6/h1-7,10,13,17,19H,8-9,11-12H2,(H,18,20);(H,3,4)(H,5,6). The molecule has 2 rings (SSSR count). The van der Waals surface area contributed by atoms with Gasteiger partial charge in [-0.1, -0.05) is 24.3 Å².